The maximum atomic E-state index is 13.4. The van der Waals surface area contributed by atoms with E-state index in [4.69, 9.17) is 4.74 Å². The molecular weight excluding hydrogens is 397 g/mol. The van der Waals surface area contributed by atoms with E-state index in [0.29, 0.717) is 0 Å². The maximum Gasteiger partial charge on any atom is 0.417 e. The van der Waals surface area contributed by atoms with Gasteiger partial charge in [-0.15, -0.1) is 0 Å². The third kappa shape index (κ3) is 7.09. The van der Waals surface area contributed by atoms with E-state index in [-0.39, 0.29) is 12.5 Å². The van der Waals surface area contributed by atoms with Gasteiger partial charge in [-0.2, -0.15) is 13.2 Å². The molecule has 0 aliphatic heterocycles. The van der Waals surface area contributed by atoms with Gasteiger partial charge in [-0.05, 0) is 31.9 Å². The number of nitrogens with one attached hydrogen (secondary N) is 2. The van der Waals surface area contributed by atoms with Crippen molar-refractivity contribution in [2.24, 2.45) is 0 Å². The normalized spacial score (nSPS) is 12.9. The minimum absolute atomic E-state index is 0.0740. The van der Waals surface area contributed by atoms with Crippen LogP contribution in [0.5, 0.6) is 0 Å². The van der Waals surface area contributed by atoms with Gasteiger partial charge in [0.05, 0.1) is 0 Å². The Labute approximate surface area is 173 Å². The standard InChI is InChI=1S/C22H25F3N2O3/c1-21(2,3)30-20(29)27-18(22(23,24)25)19(28)26-14-17(15-10-6-4-7-11-15)16-12-8-5-9-13-16/h4-13,17-18H,14H2,1-3H3,(H,26,28)(H,27,29). The molecule has 2 aromatic rings. The summed E-state index contributed by atoms with van der Waals surface area (Å²) in [7, 11) is 0. The van der Waals surface area contributed by atoms with Gasteiger partial charge in [0.25, 0.3) is 5.91 Å². The lowest BCUT2D eigenvalue weighted by atomic mass is 9.91. The minimum Gasteiger partial charge on any atom is -0.444 e. The number of hydrogen-bond acceptors (Lipinski definition) is 3. The summed E-state index contributed by atoms with van der Waals surface area (Å²) in [5.74, 6) is -1.71. The number of alkyl carbamates (subject to hydrolysis) is 1. The van der Waals surface area contributed by atoms with Gasteiger partial charge in [-0.3, -0.25) is 4.79 Å². The lowest BCUT2D eigenvalue weighted by Gasteiger charge is -2.25. The SMILES string of the molecule is CC(C)(C)OC(=O)NC(C(=O)NCC(c1ccccc1)c1ccccc1)C(F)(F)F. The lowest BCUT2D eigenvalue weighted by molar-refractivity contribution is -0.168. The Morgan fingerprint density at radius 2 is 1.37 bits per heavy atom. The molecule has 30 heavy (non-hydrogen) atoms. The van der Waals surface area contributed by atoms with E-state index in [1.54, 1.807) is 5.32 Å². The molecule has 1 atom stereocenters. The third-order valence-electron chi connectivity index (χ3n) is 4.13. The summed E-state index contributed by atoms with van der Waals surface area (Å²) in [4.78, 5) is 24.1. The van der Waals surface area contributed by atoms with Crippen molar-refractivity contribution in [2.45, 2.75) is 44.5 Å². The molecule has 0 saturated carbocycles. The zero-order chi connectivity index (χ0) is 22.4. The molecule has 8 heteroatoms. The van der Waals surface area contributed by atoms with Gasteiger partial charge in [-0.1, -0.05) is 60.7 Å². The van der Waals surface area contributed by atoms with Gasteiger partial charge in [0.2, 0.25) is 6.04 Å². The highest BCUT2D eigenvalue weighted by Crippen LogP contribution is 2.25. The summed E-state index contributed by atoms with van der Waals surface area (Å²) < 4.78 is 45.1. The quantitative estimate of drug-likeness (QED) is 0.726. The van der Waals surface area contributed by atoms with Crippen molar-refractivity contribution in [3.63, 3.8) is 0 Å². The molecule has 0 bridgehead atoms. The van der Waals surface area contributed by atoms with Gasteiger partial charge in [-0.25, -0.2) is 4.79 Å². The fourth-order valence-electron chi connectivity index (χ4n) is 2.82. The van der Waals surface area contributed by atoms with Crippen LogP contribution in [0.15, 0.2) is 60.7 Å². The molecule has 0 aliphatic rings. The first-order chi connectivity index (χ1) is 14.0. The Kier molecular flexibility index (Phi) is 7.48. The fourth-order valence-corrected chi connectivity index (χ4v) is 2.82. The van der Waals surface area contributed by atoms with Crippen LogP contribution in [0, 0.1) is 0 Å². The molecular formula is C22H25F3N2O3. The predicted octanol–water partition coefficient (Wildman–Crippen LogP) is 4.39. The molecule has 5 nitrogen and oxygen atoms in total. The first-order valence-electron chi connectivity index (χ1n) is 9.41. The van der Waals surface area contributed by atoms with E-state index in [9.17, 15) is 22.8 Å². The molecule has 1 unspecified atom stereocenters. The monoisotopic (exact) mass is 422 g/mol. The highest BCUT2D eigenvalue weighted by atomic mass is 19.4. The van der Waals surface area contributed by atoms with Crippen LogP contribution >= 0.6 is 0 Å². The van der Waals surface area contributed by atoms with E-state index >= 15 is 0 Å². The molecule has 162 valence electrons. The Morgan fingerprint density at radius 1 is 0.900 bits per heavy atom. The zero-order valence-electron chi connectivity index (χ0n) is 17.0. The number of halogens is 3. The first kappa shape index (κ1) is 23.3. The highest BCUT2D eigenvalue weighted by Gasteiger charge is 2.46. The second kappa shape index (κ2) is 9.65. The van der Waals surface area contributed by atoms with Crippen molar-refractivity contribution in [1.82, 2.24) is 10.6 Å². The third-order valence-corrected chi connectivity index (χ3v) is 4.13. The lowest BCUT2D eigenvalue weighted by Crippen LogP contribution is -2.56. The molecule has 0 aromatic heterocycles. The highest BCUT2D eigenvalue weighted by molar-refractivity contribution is 5.86. The number of benzene rings is 2. The number of carbonyl (C=O) groups excluding carboxylic acids is 2. The summed E-state index contributed by atoms with van der Waals surface area (Å²) in [6.45, 7) is 4.47. The zero-order valence-corrected chi connectivity index (χ0v) is 17.0. The van der Waals surface area contributed by atoms with Crippen LogP contribution in [0.3, 0.4) is 0 Å². The topological polar surface area (TPSA) is 67.4 Å². The Morgan fingerprint density at radius 3 is 1.77 bits per heavy atom. The van der Waals surface area contributed by atoms with Crippen LogP contribution in [-0.2, 0) is 9.53 Å². The molecule has 2 rings (SSSR count). The van der Waals surface area contributed by atoms with Gasteiger partial charge < -0.3 is 15.4 Å². The minimum atomic E-state index is -4.98. The van der Waals surface area contributed by atoms with Crippen molar-refractivity contribution < 1.29 is 27.5 Å². The van der Waals surface area contributed by atoms with Crippen LogP contribution in [-0.4, -0.2) is 36.4 Å². The summed E-state index contributed by atoms with van der Waals surface area (Å²) in [6, 6.07) is 15.5. The fraction of sp³-hybridized carbons (Fsp3) is 0.364. The van der Waals surface area contributed by atoms with Gasteiger partial charge in [0.15, 0.2) is 0 Å². The number of carbonyl (C=O) groups is 2. The maximum absolute atomic E-state index is 13.4. The molecule has 0 aliphatic carbocycles. The van der Waals surface area contributed by atoms with Gasteiger partial charge in [0, 0.05) is 12.5 Å². The first-order valence-corrected chi connectivity index (χ1v) is 9.41. The predicted molar refractivity (Wildman–Crippen MR) is 107 cm³/mol. The van der Waals surface area contributed by atoms with Crippen LogP contribution in [0.4, 0.5) is 18.0 Å². The number of alkyl halides is 3. The van der Waals surface area contributed by atoms with Crippen LogP contribution in [0.25, 0.3) is 0 Å². The molecule has 2 N–H and O–H groups in total. The van der Waals surface area contributed by atoms with Gasteiger partial charge >= 0.3 is 12.3 Å². The summed E-state index contributed by atoms with van der Waals surface area (Å²) in [5, 5.41) is 3.94. The summed E-state index contributed by atoms with van der Waals surface area (Å²) in [5.41, 5.74) is 0.683. The number of amides is 2. The van der Waals surface area contributed by atoms with Crippen molar-refractivity contribution in [1.29, 1.82) is 0 Å². The summed E-state index contributed by atoms with van der Waals surface area (Å²) >= 11 is 0. The Bertz CT molecular complexity index is 795. The Hall–Kier alpha value is -3.03. The van der Waals surface area contributed by atoms with Crippen LogP contribution in [0.2, 0.25) is 0 Å². The molecule has 0 heterocycles. The van der Waals surface area contributed by atoms with Crippen molar-refractivity contribution in [2.75, 3.05) is 6.54 Å². The van der Waals surface area contributed by atoms with Crippen molar-refractivity contribution in [3.05, 3.63) is 71.8 Å². The van der Waals surface area contributed by atoms with E-state index in [2.05, 4.69) is 5.32 Å². The van der Waals surface area contributed by atoms with E-state index in [0.717, 1.165) is 11.1 Å². The molecule has 0 saturated heterocycles. The second-order valence-electron chi connectivity index (χ2n) is 7.74. The van der Waals surface area contributed by atoms with Crippen LogP contribution in [0.1, 0.15) is 37.8 Å². The molecule has 0 fully saturated rings. The number of rotatable bonds is 6. The van der Waals surface area contributed by atoms with Crippen LogP contribution < -0.4 is 10.6 Å². The number of ether oxygens (including phenoxy) is 1. The summed E-state index contributed by atoms with van der Waals surface area (Å²) in [6.07, 6.45) is -6.29. The van der Waals surface area contributed by atoms with E-state index in [1.165, 1.54) is 20.8 Å². The van der Waals surface area contributed by atoms with E-state index in [1.807, 2.05) is 60.7 Å². The Balaban J connectivity index is 2.16. The molecule has 2 aromatic carbocycles. The molecule has 2 amide bonds. The van der Waals surface area contributed by atoms with E-state index < -0.39 is 29.8 Å². The second-order valence-corrected chi connectivity index (χ2v) is 7.74. The van der Waals surface area contributed by atoms with Crippen molar-refractivity contribution >= 4 is 12.0 Å². The largest absolute Gasteiger partial charge is 0.444 e. The van der Waals surface area contributed by atoms with Gasteiger partial charge in [0.1, 0.15) is 5.60 Å². The number of hydrogen-bond donors (Lipinski definition) is 2. The molecule has 0 spiro atoms. The average Bonchev–Trinajstić information content (AvgIpc) is 2.65. The van der Waals surface area contributed by atoms with Crippen molar-refractivity contribution in [3.8, 4) is 0 Å². The molecule has 0 radical (unpaired) electrons. The smallest absolute Gasteiger partial charge is 0.417 e. The average molecular weight is 422 g/mol.